The fourth-order valence-corrected chi connectivity index (χ4v) is 3.84. The number of aryl methyl sites for hydroxylation is 1. The van der Waals surface area contributed by atoms with Crippen molar-refractivity contribution in [2.24, 2.45) is 0 Å². The second kappa shape index (κ2) is 6.59. The monoisotopic (exact) mass is 377 g/mol. The molecule has 0 unspecified atom stereocenters. The molecule has 5 heteroatoms. The molecule has 4 rings (SSSR count). The molecule has 2 aromatic heterocycles. The molecule has 0 radical (unpaired) electrons. The van der Waals surface area contributed by atoms with E-state index in [4.69, 9.17) is 4.42 Å². The fourth-order valence-electron chi connectivity index (χ4n) is 3.21. The Morgan fingerprint density at radius 3 is 2.04 bits per heavy atom. The Bertz CT molecular complexity index is 1170. The van der Waals surface area contributed by atoms with Crippen LogP contribution < -0.4 is 0 Å². The summed E-state index contributed by atoms with van der Waals surface area (Å²) in [6, 6.07) is 21.3. The molecule has 0 amide bonds. The molecule has 4 nitrogen and oxygen atoms in total. The predicted octanol–water partition coefficient (Wildman–Crippen LogP) is 5.12. The Hall–Kier alpha value is -3.05. The van der Waals surface area contributed by atoms with Crippen molar-refractivity contribution in [3.05, 3.63) is 85.0 Å². The second-order valence-electron chi connectivity index (χ2n) is 6.55. The Labute approximate surface area is 158 Å². The maximum atomic E-state index is 11.7. The number of furan rings is 1. The highest BCUT2D eigenvalue weighted by molar-refractivity contribution is 7.90. The lowest BCUT2D eigenvalue weighted by molar-refractivity contribution is 0.568. The van der Waals surface area contributed by atoms with Gasteiger partial charge in [-0.15, -0.1) is 0 Å². The maximum absolute atomic E-state index is 11.7. The third-order valence-electron chi connectivity index (χ3n) is 4.63. The van der Waals surface area contributed by atoms with Gasteiger partial charge in [0, 0.05) is 23.2 Å². The van der Waals surface area contributed by atoms with Gasteiger partial charge in [-0.2, -0.15) is 0 Å². The third-order valence-corrected chi connectivity index (χ3v) is 5.76. The van der Waals surface area contributed by atoms with Crippen LogP contribution in [0.4, 0.5) is 0 Å². The van der Waals surface area contributed by atoms with Crippen LogP contribution in [0.15, 0.2) is 88.6 Å². The minimum absolute atomic E-state index is 0.325. The quantitative estimate of drug-likeness (QED) is 0.496. The molecule has 2 heterocycles. The van der Waals surface area contributed by atoms with E-state index in [1.165, 1.54) is 6.26 Å². The van der Waals surface area contributed by atoms with E-state index in [1.807, 2.05) is 18.2 Å². The zero-order valence-corrected chi connectivity index (χ0v) is 15.9. The molecule has 0 saturated heterocycles. The summed E-state index contributed by atoms with van der Waals surface area (Å²) in [5.41, 5.74) is 6.27. The van der Waals surface area contributed by atoms with Crippen molar-refractivity contribution in [2.45, 2.75) is 11.8 Å². The van der Waals surface area contributed by atoms with Crippen molar-refractivity contribution in [1.29, 1.82) is 0 Å². The molecule has 0 atom stereocenters. The molecule has 0 bridgehead atoms. The van der Waals surface area contributed by atoms with Gasteiger partial charge >= 0.3 is 0 Å². The summed E-state index contributed by atoms with van der Waals surface area (Å²) in [4.78, 5) is 0.325. The maximum Gasteiger partial charge on any atom is 0.175 e. The average molecular weight is 377 g/mol. The molecular weight excluding hydrogens is 358 g/mol. The Balaban J connectivity index is 1.74. The van der Waals surface area contributed by atoms with Crippen LogP contribution in [0.3, 0.4) is 0 Å². The summed E-state index contributed by atoms with van der Waals surface area (Å²) >= 11 is 0. The minimum atomic E-state index is -3.20. The van der Waals surface area contributed by atoms with Crippen molar-refractivity contribution in [2.75, 3.05) is 6.26 Å². The second-order valence-corrected chi connectivity index (χ2v) is 8.57. The number of rotatable bonds is 4. The van der Waals surface area contributed by atoms with Crippen molar-refractivity contribution < 1.29 is 12.8 Å². The highest BCUT2D eigenvalue weighted by Crippen LogP contribution is 2.29. The van der Waals surface area contributed by atoms with Crippen LogP contribution in [0.25, 0.3) is 28.1 Å². The largest absolute Gasteiger partial charge is 0.472 e. The van der Waals surface area contributed by atoms with Crippen LogP contribution in [0.2, 0.25) is 0 Å². The third kappa shape index (κ3) is 3.34. The van der Waals surface area contributed by atoms with E-state index in [1.54, 1.807) is 24.7 Å². The van der Waals surface area contributed by atoms with E-state index in [0.717, 1.165) is 33.8 Å². The predicted molar refractivity (Wildman–Crippen MR) is 107 cm³/mol. The van der Waals surface area contributed by atoms with Gasteiger partial charge in [0.2, 0.25) is 0 Å². The van der Waals surface area contributed by atoms with Crippen LogP contribution in [0, 0.1) is 6.92 Å². The molecule has 0 fully saturated rings. The average Bonchev–Trinajstić information content (AvgIpc) is 3.31. The zero-order valence-electron chi connectivity index (χ0n) is 15.1. The van der Waals surface area contributed by atoms with Gasteiger partial charge in [0.15, 0.2) is 9.84 Å². The Morgan fingerprint density at radius 2 is 1.44 bits per heavy atom. The number of hydrogen-bond acceptors (Lipinski definition) is 3. The number of hydrogen-bond donors (Lipinski definition) is 0. The van der Waals surface area contributed by atoms with Gasteiger partial charge in [0.25, 0.3) is 0 Å². The first-order valence-corrected chi connectivity index (χ1v) is 10.4. The molecule has 2 aromatic carbocycles. The lowest BCUT2D eigenvalue weighted by Crippen LogP contribution is -2.00. The Morgan fingerprint density at radius 1 is 0.778 bits per heavy atom. The fraction of sp³-hybridized carbons (Fsp3) is 0.0909. The first-order chi connectivity index (χ1) is 12.9. The van der Waals surface area contributed by atoms with Gasteiger partial charge in [-0.3, -0.25) is 0 Å². The van der Waals surface area contributed by atoms with Crippen LogP contribution in [0.1, 0.15) is 5.69 Å². The molecule has 27 heavy (non-hydrogen) atoms. The highest BCUT2D eigenvalue weighted by atomic mass is 32.2. The molecule has 0 aliphatic rings. The van der Waals surface area contributed by atoms with Crippen molar-refractivity contribution >= 4 is 9.84 Å². The summed E-state index contributed by atoms with van der Waals surface area (Å²) in [6.07, 6.45) is 4.61. The molecule has 0 saturated carbocycles. The smallest absolute Gasteiger partial charge is 0.175 e. The van der Waals surface area contributed by atoms with Crippen LogP contribution in [0.5, 0.6) is 0 Å². The van der Waals surface area contributed by atoms with Crippen LogP contribution >= 0.6 is 0 Å². The van der Waals surface area contributed by atoms with Crippen LogP contribution in [-0.2, 0) is 9.84 Å². The van der Waals surface area contributed by atoms with E-state index in [0.29, 0.717) is 4.90 Å². The van der Waals surface area contributed by atoms with Crippen molar-refractivity contribution in [1.82, 2.24) is 4.57 Å². The van der Waals surface area contributed by atoms with E-state index < -0.39 is 9.84 Å². The van der Waals surface area contributed by atoms with Gasteiger partial charge in [0.1, 0.15) is 0 Å². The molecule has 0 N–H and O–H groups in total. The van der Waals surface area contributed by atoms with E-state index in [2.05, 4.69) is 47.9 Å². The van der Waals surface area contributed by atoms with E-state index in [-0.39, 0.29) is 0 Å². The summed E-state index contributed by atoms with van der Waals surface area (Å²) in [5.74, 6) is 0. The molecule has 0 aliphatic carbocycles. The van der Waals surface area contributed by atoms with Gasteiger partial charge in [-0.25, -0.2) is 8.42 Å². The van der Waals surface area contributed by atoms with E-state index in [9.17, 15) is 8.42 Å². The molecule has 4 aromatic rings. The molecule has 136 valence electrons. The Kier molecular flexibility index (Phi) is 4.24. The number of sulfone groups is 1. The molecule has 0 aliphatic heterocycles. The van der Waals surface area contributed by atoms with E-state index >= 15 is 0 Å². The van der Waals surface area contributed by atoms with Crippen molar-refractivity contribution in [3.63, 3.8) is 0 Å². The van der Waals surface area contributed by atoms with Crippen LogP contribution in [-0.4, -0.2) is 19.2 Å². The number of benzene rings is 2. The standard InChI is InChI=1S/C22H19NO3S/c1-16-3-12-22(18-6-10-21(11-7-18)27(2,24)25)23(16)20-8-4-17(5-9-20)19-13-14-26-15-19/h3-15H,1-2H3. The summed E-state index contributed by atoms with van der Waals surface area (Å²) in [5, 5.41) is 0. The van der Waals surface area contributed by atoms with Gasteiger partial charge < -0.3 is 8.98 Å². The molecular formula is C22H19NO3S. The van der Waals surface area contributed by atoms with Gasteiger partial charge in [-0.05, 0) is 60.5 Å². The SMILES string of the molecule is Cc1ccc(-c2ccc(S(C)(=O)=O)cc2)n1-c1ccc(-c2ccoc2)cc1. The number of nitrogens with zero attached hydrogens (tertiary/aromatic N) is 1. The minimum Gasteiger partial charge on any atom is -0.472 e. The van der Waals surface area contributed by atoms with Crippen molar-refractivity contribution in [3.8, 4) is 28.1 Å². The summed E-state index contributed by atoms with van der Waals surface area (Å²) < 4.78 is 30.7. The highest BCUT2D eigenvalue weighted by Gasteiger charge is 2.12. The molecule has 0 spiro atoms. The lowest BCUT2D eigenvalue weighted by Gasteiger charge is -2.13. The zero-order chi connectivity index (χ0) is 19.0. The topological polar surface area (TPSA) is 52.2 Å². The first kappa shape index (κ1) is 17.4. The van der Waals surface area contributed by atoms with Gasteiger partial charge in [0.05, 0.1) is 23.1 Å². The first-order valence-electron chi connectivity index (χ1n) is 8.55. The lowest BCUT2D eigenvalue weighted by atomic mass is 10.1. The summed E-state index contributed by atoms with van der Waals surface area (Å²) in [6.45, 7) is 2.05. The summed E-state index contributed by atoms with van der Waals surface area (Å²) in [7, 11) is -3.20. The normalized spacial score (nSPS) is 11.6. The van der Waals surface area contributed by atoms with Gasteiger partial charge in [-0.1, -0.05) is 24.3 Å². The number of aromatic nitrogens is 1.